The lowest BCUT2D eigenvalue weighted by atomic mass is 10.2. The molecule has 1 aromatic heterocycles. The minimum Gasteiger partial charge on any atom is -0.478 e. The summed E-state index contributed by atoms with van der Waals surface area (Å²) < 4.78 is 0. The number of hydrogen-bond donors (Lipinski definition) is 2. The van der Waals surface area contributed by atoms with Crippen molar-refractivity contribution in [3.05, 3.63) is 50.7 Å². The highest BCUT2D eigenvalue weighted by Gasteiger charge is 2.06. The van der Waals surface area contributed by atoms with Gasteiger partial charge in [-0.05, 0) is 30.7 Å². The Bertz CT molecular complexity index is 580. The first-order valence-corrected chi connectivity index (χ1v) is 6.63. The van der Waals surface area contributed by atoms with Crippen LogP contribution in [0.4, 0.5) is 5.69 Å². The second-order valence-corrected chi connectivity index (χ2v) is 5.35. The van der Waals surface area contributed by atoms with Gasteiger partial charge in [0.15, 0.2) is 0 Å². The average molecular weight is 282 g/mol. The highest BCUT2D eigenvalue weighted by molar-refractivity contribution is 7.10. The van der Waals surface area contributed by atoms with Gasteiger partial charge in [-0.3, -0.25) is 0 Å². The molecular weight excluding hydrogens is 270 g/mol. The molecule has 94 valence electrons. The van der Waals surface area contributed by atoms with Crippen LogP contribution in [0.1, 0.15) is 20.8 Å². The van der Waals surface area contributed by atoms with Crippen LogP contribution in [0, 0.1) is 6.92 Å². The van der Waals surface area contributed by atoms with Gasteiger partial charge in [0.2, 0.25) is 0 Å². The van der Waals surface area contributed by atoms with E-state index in [1.165, 1.54) is 11.3 Å². The first kappa shape index (κ1) is 12.9. The second-order valence-electron chi connectivity index (χ2n) is 3.92. The first-order valence-electron chi connectivity index (χ1n) is 5.37. The van der Waals surface area contributed by atoms with E-state index < -0.39 is 5.97 Å². The van der Waals surface area contributed by atoms with Crippen molar-refractivity contribution in [3.63, 3.8) is 0 Å². The molecule has 0 radical (unpaired) electrons. The maximum Gasteiger partial charge on any atom is 0.336 e. The summed E-state index contributed by atoms with van der Waals surface area (Å²) in [5.41, 5.74) is 2.40. The number of carbonyl (C=O) groups is 1. The molecule has 0 bridgehead atoms. The van der Waals surface area contributed by atoms with Gasteiger partial charge in [0, 0.05) is 27.5 Å². The van der Waals surface area contributed by atoms with Crippen LogP contribution in [0.15, 0.2) is 29.6 Å². The zero-order valence-corrected chi connectivity index (χ0v) is 11.3. The van der Waals surface area contributed by atoms with E-state index >= 15 is 0 Å². The summed E-state index contributed by atoms with van der Waals surface area (Å²) in [6.45, 7) is 2.59. The molecule has 0 amide bonds. The van der Waals surface area contributed by atoms with Crippen molar-refractivity contribution in [2.75, 3.05) is 5.32 Å². The minimum atomic E-state index is -0.892. The number of benzene rings is 1. The molecule has 2 N–H and O–H groups in total. The molecule has 1 heterocycles. The number of rotatable bonds is 4. The third-order valence-electron chi connectivity index (χ3n) is 2.55. The normalized spacial score (nSPS) is 10.3. The Labute approximate surface area is 114 Å². The number of halogens is 1. The highest BCUT2D eigenvalue weighted by Crippen LogP contribution is 2.22. The maximum absolute atomic E-state index is 10.8. The second kappa shape index (κ2) is 5.42. The van der Waals surface area contributed by atoms with Gasteiger partial charge in [0.1, 0.15) is 0 Å². The molecular formula is C13H12ClNO2S. The van der Waals surface area contributed by atoms with E-state index in [0.717, 1.165) is 16.1 Å². The fourth-order valence-corrected chi connectivity index (χ4v) is 2.52. The first-order chi connectivity index (χ1) is 8.56. The number of carboxylic acids is 1. The number of aromatic carboxylic acids is 1. The number of carboxylic acid groups (broad SMARTS) is 1. The van der Waals surface area contributed by atoms with Crippen LogP contribution < -0.4 is 5.32 Å². The SMILES string of the molecule is Cc1ccc(Cl)cc1NCc1cc(C(=O)O)cs1. The molecule has 0 saturated heterocycles. The van der Waals surface area contributed by atoms with Crippen LogP contribution in [0.25, 0.3) is 0 Å². The van der Waals surface area contributed by atoms with Crippen molar-refractivity contribution in [2.45, 2.75) is 13.5 Å². The van der Waals surface area contributed by atoms with Crippen molar-refractivity contribution in [1.82, 2.24) is 0 Å². The molecule has 2 aromatic rings. The summed E-state index contributed by atoms with van der Waals surface area (Å²) in [6, 6.07) is 7.33. The molecule has 0 saturated carbocycles. The number of anilines is 1. The monoisotopic (exact) mass is 281 g/mol. The van der Waals surface area contributed by atoms with Gasteiger partial charge in [-0.2, -0.15) is 0 Å². The standard InChI is InChI=1S/C13H12ClNO2S/c1-8-2-3-10(14)5-12(8)15-6-11-4-9(7-18-11)13(16)17/h2-5,7,15H,6H2,1H3,(H,16,17). The zero-order chi connectivity index (χ0) is 13.1. The minimum absolute atomic E-state index is 0.333. The maximum atomic E-state index is 10.8. The topological polar surface area (TPSA) is 49.3 Å². The van der Waals surface area contributed by atoms with E-state index in [1.807, 2.05) is 25.1 Å². The number of thiophene rings is 1. The highest BCUT2D eigenvalue weighted by atomic mass is 35.5. The summed E-state index contributed by atoms with van der Waals surface area (Å²) in [4.78, 5) is 11.7. The largest absolute Gasteiger partial charge is 0.478 e. The lowest BCUT2D eigenvalue weighted by Gasteiger charge is -2.08. The molecule has 2 rings (SSSR count). The summed E-state index contributed by atoms with van der Waals surface area (Å²) in [5.74, 6) is -0.892. The van der Waals surface area contributed by atoms with Crippen LogP contribution in [-0.4, -0.2) is 11.1 Å². The summed E-state index contributed by atoms with van der Waals surface area (Å²) in [7, 11) is 0. The Morgan fingerprint density at radius 3 is 2.89 bits per heavy atom. The summed E-state index contributed by atoms with van der Waals surface area (Å²) in [5, 5.41) is 14.4. The van der Waals surface area contributed by atoms with E-state index in [2.05, 4.69) is 5.32 Å². The third-order valence-corrected chi connectivity index (χ3v) is 3.73. The Kier molecular flexibility index (Phi) is 3.89. The molecule has 0 fully saturated rings. The van der Waals surface area contributed by atoms with Crippen molar-refractivity contribution < 1.29 is 9.90 Å². The van der Waals surface area contributed by atoms with E-state index in [-0.39, 0.29) is 0 Å². The average Bonchev–Trinajstić information content (AvgIpc) is 2.79. The van der Waals surface area contributed by atoms with E-state index in [4.69, 9.17) is 16.7 Å². The number of hydrogen-bond acceptors (Lipinski definition) is 3. The fraction of sp³-hybridized carbons (Fsp3) is 0.154. The van der Waals surface area contributed by atoms with Gasteiger partial charge < -0.3 is 10.4 Å². The van der Waals surface area contributed by atoms with Crippen LogP contribution in [0.3, 0.4) is 0 Å². The van der Waals surface area contributed by atoms with Crippen molar-refractivity contribution in [1.29, 1.82) is 0 Å². The predicted molar refractivity (Wildman–Crippen MR) is 74.8 cm³/mol. The van der Waals surface area contributed by atoms with E-state index in [9.17, 15) is 4.79 Å². The lowest BCUT2D eigenvalue weighted by molar-refractivity contribution is 0.0697. The lowest BCUT2D eigenvalue weighted by Crippen LogP contribution is -1.99. The molecule has 0 atom stereocenters. The smallest absolute Gasteiger partial charge is 0.336 e. The number of nitrogens with one attached hydrogen (secondary N) is 1. The predicted octanol–water partition coefficient (Wildman–Crippen LogP) is 4.02. The molecule has 1 aromatic carbocycles. The number of aryl methyl sites for hydroxylation is 1. The molecule has 0 unspecified atom stereocenters. The molecule has 0 aliphatic rings. The Balaban J connectivity index is 2.06. The molecule has 0 aliphatic heterocycles. The van der Waals surface area contributed by atoms with E-state index in [0.29, 0.717) is 17.1 Å². The van der Waals surface area contributed by atoms with Gasteiger partial charge in [-0.1, -0.05) is 17.7 Å². The van der Waals surface area contributed by atoms with Crippen LogP contribution in [0.5, 0.6) is 0 Å². The van der Waals surface area contributed by atoms with Crippen LogP contribution >= 0.6 is 22.9 Å². The van der Waals surface area contributed by atoms with Gasteiger partial charge in [-0.15, -0.1) is 11.3 Å². The van der Waals surface area contributed by atoms with Gasteiger partial charge in [0.25, 0.3) is 0 Å². The van der Waals surface area contributed by atoms with Crippen molar-refractivity contribution in [2.24, 2.45) is 0 Å². The molecule has 0 spiro atoms. The molecule has 0 aliphatic carbocycles. The summed E-state index contributed by atoms with van der Waals surface area (Å²) >= 11 is 7.36. The quantitative estimate of drug-likeness (QED) is 0.890. The Morgan fingerprint density at radius 1 is 1.44 bits per heavy atom. The molecule has 18 heavy (non-hydrogen) atoms. The van der Waals surface area contributed by atoms with Crippen LogP contribution in [0.2, 0.25) is 5.02 Å². The molecule has 3 nitrogen and oxygen atoms in total. The van der Waals surface area contributed by atoms with Crippen LogP contribution in [-0.2, 0) is 6.54 Å². The van der Waals surface area contributed by atoms with Crippen molar-refractivity contribution in [3.8, 4) is 0 Å². The van der Waals surface area contributed by atoms with E-state index in [1.54, 1.807) is 11.4 Å². The summed E-state index contributed by atoms with van der Waals surface area (Å²) in [6.07, 6.45) is 0. The zero-order valence-electron chi connectivity index (χ0n) is 9.74. The van der Waals surface area contributed by atoms with Crippen molar-refractivity contribution >= 4 is 34.6 Å². The van der Waals surface area contributed by atoms with Gasteiger partial charge in [-0.25, -0.2) is 4.79 Å². The van der Waals surface area contributed by atoms with Gasteiger partial charge in [0.05, 0.1) is 5.56 Å². The van der Waals surface area contributed by atoms with Gasteiger partial charge >= 0.3 is 5.97 Å². The molecule has 5 heteroatoms. The Hall–Kier alpha value is -1.52. The fourth-order valence-electron chi connectivity index (χ4n) is 1.55. The third kappa shape index (κ3) is 3.03. The Morgan fingerprint density at radius 2 is 2.22 bits per heavy atom.